The van der Waals surface area contributed by atoms with Gasteiger partial charge >= 0.3 is 0 Å². The van der Waals surface area contributed by atoms with E-state index in [2.05, 4.69) is 22.4 Å². The highest BCUT2D eigenvalue weighted by Crippen LogP contribution is 2.20. The smallest absolute Gasteiger partial charge is 0.0278 e. The van der Waals surface area contributed by atoms with Crippen LogP contribution in [0.5, 0.6) is 0 Å². The maximum Gasteiger partial charge on any atom is 0.0278 e. The number of rotatable bonds is 3. The van der Waals surface area contributed by atoms with Gasteiger partial charge < -0.3 is 5.32 Å². The van der Waals surface area contributed by atoms with Crippen LogP contribution in [0.4, 0.5) is 0 Å². The van der Waals surface area contributed by atoms with E-state index >= 15 is 0 Å². The molecule has 1 aliphatic rings. The summed E-state index contributed by atoms with van der Waals surface area (Å²) in [6.07, 6.45) is 3.70. The Labute approximate surface area is 76.8 Å². The van der Waals surface area contributed by atoms with E-state index in [4.69, 9.17) is 0 Å². The number of aromatic nitrogens is 1. The quantitative estimate of drug-likeness (QED) is 0.712. The summed E-state index contributed by atoms with van der Waals surface area (Å²) in [4.78, 5) is 5.31. The minimum Gasteiger partial charge on any atom is -0.316 e. The predicted octanol–water partition coefficient (Wildman–Crippen LogP) is 1.39. The second kappa shape index (κ2) is 3.92. The molecule has 1 aromatic heterocycles. The Balaban J connectivity index is 1.79. The van der Waals surface area contributed by atoms with Gasteiger partial charge in [0.25, 0.3) is 0 Å². The molecule has 1 saturated heterocycles. The number of pyridine rings is 1. The Morgan fingerprint density at radius 1 is 1.42 bits per heavy atom. The van der Waals surface area contributed by atoms with Crippen molar-refractivity contribution in [2.24, 2.45) is 5.92 Å². The van der Waals surface area contributed by atoms with Gasteiger partial charge in [0.05, 0.1) is 0 Å². The highest BCUT2D eigenvalue weighted by molar-refractivity contribution is 7.99. The molecular weight excluding hydrogens is 168 g/mol. The average Bonchev–Trinajstić information content (AvgIpc) is 2.04. The zero-order chi connectivity index (χ0) is 8.23. The SMILES string of the molecule is c1cc(SCC2CNC2)ccn1. The molecule has 1 aromatic rings. The minimum absolute atomic E-state index is 0.878. The van der Waals surface area contributed by atoms with Gasteiger partial charge in [-0.05, 0) is 31.1 Å². The number of hydrogen-bond acceptors (Lipinski definition) is 3. The summed E-state index contributed by atoms with van der Waals surface area (Å²) in [6.45, 7) is 2.39. The highest BCUT2D eigenvalue weighted by atomic mass is 32.2. The van der Waals surface area contributed by atoms with Gasteiger partial charge in [-0.15, -0.1) is 11.8 Å². The third kappa shape index (κ3) is 1.99. The van der Waals surface area contributed by atoms with Gasteiger partial charge in [-0.2, -0.15) is 0 Å². The van der Waals surface area contributed by atoms with Crippen LogP contribution in [-0.2, 0) is 0 Å². The van der Waals surface area contributed by atoms with Crippen LogP contribution < -0.4 is 5.32 Å². The molecule has 0 saturated carbocycles. The first kappa shape index (κ1) is 8.08. The largest absolute Gasteiger partial charge is 0.316 e. The van der Waals surface area contributed by atoms with Crippen LogP contribution in [0.25, 0.3) is 0 Å². The Kier molecular flexibility index (Phi) is 2.64. The van der Waals surface area contributed by atoms with Crippen molar-refractivity contribution in [1.29, 1.82) is 0 Å². The summed E-state index contributed by atoms with van der Waals surface area (Å²) in [7, 11) is 0. The Morgan fingerprint density at radius 2 is 2.17 bits per heavy atom. The van der Waals surface area contributed by atoms with Crippen LogP contribution in [0.15, 0.2) is 29.4 Å². The molecule has 0 amide bonds. The van der Waals surface area contributed by atoms with Crippen molar-refractivity contribution < 1.29 is 0 Å². The van der Waals surface area contributed by atoms with Gasteiger partial charge in [0.1, 0.15) is 0 Å². The fourth-order valence-corrected chi connectivity index (χ4v) is 2.09. The molecule has 0 spiro atoms. The Morgan fingerprint density at radius 3 is 2.75 bits per heavy atom. The second-order valence-corrected chi connectivity index (χ2v) is 4.11. The first-order valence-corrected chi connectivity index (χ1v) is 5.17. The highest BCUT2D eigenvalue weighted by Gasteiger charge is 2.16. The third-order valence-corrected chi connectivity index (χ3v) is 3.25. The number of nitrogens with zero attached hydrogens (tertiary/aromatic N) is 1. The van der Waals surface area contributed by atoms with Crippen LogP contribution in [0, 0.1) is 5.92 Å². The Bertz CT molecular complexity index is 234. The zero-order valence-electron chi connectivity index (χ0n) is 6.86. The lowest BCUT2D eigenvalue weighted by atomic mass is 10.1. The van der Waals surface area contributed by atoms with Gasteiger partial charge in [0.15, 0.2) is 0 Å². The van der Waals surface area contributed by atoms with Gasteiger partial charge in [0.2, 0.25) is 0 Å². The molecule has 64 valence electrons. The molecule has 1 aliphatic heterocycles. The topological polar surface area (TPSA) is 24.9 Å². The second-order valence-electron chi connectivity index (χ2n) is 3.02. The van der Waals surface area contributed by atoms with Crippen molar-refractivity contribution in [3.63, 3.8) is 0 Å². The first-order valence-electron chi connectivity index (χ1n) is 4.19. The van der Waals surface area contributed by atoms with Crippen molar-refractivity contribution in [2.45, 2.75) is 4.90 Å². The van der Waals surface area contributed by atoms with Crippen molar-refractivity contribution in [1.82, 2.24) is 10.3 Å². The molecule has 0 radical (unpaired) electrons. The van der Waals surface area contributed by atoms with E-state index < -0.39 is 0 Å². The molecule has 0 bridgehead atoms. The van der Waals surface area contributed by atoms with Crippen LogP contribution >= 0.6 is 11.8 Å². The molecule has 2 heterocycles. The van der Waals surface area contributed by atoms with Gasteiger partial charge in [-0.25, -0.2) is 0 Å². The van der Waals surface area contributed by atoms with E-state index in [9.17, 15) is 0 Å². The third-order valence-electron chi connectivity index (χ3n) is 2.00. The monoisotopic (exact) mass is 180 g/mol. The van der Waals surface area contributed by atoms with E-state index in [0.717, 1.165) is 5.92 Å². The van der Waals surface area contributed by atoms with E-state index in [-0.39, 0.29) is 0 Å². The molecule has 1 fully saturated rings. The number of hydrogen-bond donors (Lipinski definition) is 1. The lowest BCUT2D eigenvalue weighted by Gasteiger charge is -2.26. The minimum atomic E-state index is 0.878. The molecular formula is C9H12N2S. The van der Waals surface area contributed by atoms with Crippen molar-refractivity contribution >= 4 is 11.8 Å². The molecule has 0 aliphatic carbocycles. The van der Waals surface area contributed by atoms with Gasteiger partial charge in [-0.3, -0.25) is 4.98 Å². The standard InChI is InChI=1S/C9H12N2S/c1-3-10-4-2-9(1)12-7-8-5-11-6-8/h1-4,8,11H,5-7H2. The molecule has 12 heavy (non-hydrogen) atoms. The fraction of sp³-hybridized carbons (Fsp3) is 0.444. The van der Waals surface area contributed by atoms with E-state index in [0.29, 0.717) is 0 Å². The van der Waals surface area contributed by atoms with E-state index in [1.165, 1.54) is 23.7 Å². The van der Waals surface area contributed by atoms with Crippen LogP contribution in [-0.4, -0.2) is 23.8 Å². The molecule has 2 nitrogen and oxygen atoms in total. The van der Waals surface area contributed by atoms with Crippen molar-refractivity contribution in [3.05, 3.63) is 24.5 Å². The predicted molar refractivity (Wildman–Crippen MR) is 51.3 cm³/mol. The maximum atomic E-state index is 3.98. The summed E-state index contributed by atoms with van der Waals surface area (Å²) in [5.41, 5.74) is 0. The summed E-state index contributed by atoms with van der Waals surface area (Å²) >= 11 is 1.92. The zero-order valence-corrected chi connectivity index (χ0v) is 7.68. The number of nitrogens with one attached hydrogen (secondary N) is 1. The Hall–Kier alpha value is -0.540. The summed E-state index contributed by atoms with van der Waals surface area (Å²) < 4.78 is 0. The maximum absolute atomic E-state index is 3.98. The number of thioether (sulfide) groups is 1. The summed E-state index contributed by atoms with van der Waals surface area (Å²) in [5, 5.41) is 3.27. The van der Waals surface area contributed by atoms with Crippen molar-refractivity contribution in [3.8, 4) is 0 Å². The van der Waals surface area contributed by atoms with Crippen LogP contribution in [0.3, 0.4) is 0 Å². The lowest BCUT2D eigenvalue weighted by molar-refractivity contribution is 0.385. The first-order chi connectivity index (χ1) is 5.95. The molecule has 0 atom stereocenters. The van der Waals surface area contributed by atoms with Gasteiger partial charge in [-0.1, -0.05) is 0 Å². The van der Waals surface area contributed by atoms with Crippen LogP contribution in [0.1, 0.15) is 0 Å². The molecule has 0 unspecified atom stereocenters. The summed E-state index contributed by atoms with van der Waals surface area (Å²) in [5.74, 6) is 2.11. The van der Waals surface area contributed by atoms with Crippen LogP contribution in [0.2, 0.25) is 0 Å². The average molecular weight is 180 g/mol. The molecule has 0 aromatic carbocycles. The van der Waals surface area contributed by atoms with Gasteiger partial charge in [0, 0.05) is 23.0 Å². The van der Waals surface area contributed by atoms with E-state index in [1.54, 1.807) is 0 Å². The molecule has 3 heteroatoms. The van der Waals surface area contributed by atoms with E-state index in [1.807, 2.05) is 24.2 Å². The fourth-order valence-electron chi connectivity index (χ4n) is 1.11. The lowest BCUT2D eigenvalue weighted by Crippen LogP contribution is -2.43. The molecule has 1 N–H and O–H groups in total. The molecule has 2 rings (SSSR count). The summed E-state index contributed by atoms with van der Waals surface area (Å²) in [6, 6.07) is 4.13. The normalized spacial score (nSPS) is 17.3. The van der Waals surface area contributed by atoms with Crippen molar-refractivity contribution in [2.75, 3.05) is 18.8 Å².